The van der Waals surface area contributed by atoms with Gasteiger partial charge in [-0.3, -0.25) is 0 Å². The third-order valence-electron chi connectivity index (χ3n) is 2.86. The first-order valence-electron chi connectivity index (χ1n) is 6.29. The minimum absolute atomic E-state index is 0.0191. The second-order valence-corrected chi connectivity index (χ2v) is 6.99. The Morgan fingerprint density at radius 1 is 1.71 bits per heavy atom. The van der Waals surface area contributed by atoms with Crippen LogP contribution in [-0.2, 0) is 19.5 Å². The van der Waals surface area contributed by atoms with Crippen molar-refractivity contribution in [3.63, 3.8) is 0 Å². The lowest BCUT2D eigenvalue weighted by Crippen LogP contribution is -2.37. The zero-order valence-corrected chi connectivity index (χ0v) is 12.9. The van der Waals surface area contributed by atoms with Gasteiger partial charge in [0, 0.05) is 18.0 Å². The normalized spacial score (nSPS) is 20.5. The zero-order chi connectivity index (χ0) is 15.5. The molecule has 0 amide bonds. The summed E-state index contributed by atoms with van der Waals surface area (Å²) < 4.78 is 40.9. The van der Waals surface area contributed by atoms with Crippen LogP contribution in [0.15, 0.2) is 10.3 Å². The number of carboxylic acids is 1. The molecule has 2 unspecified atom stereocenters. The topological polar surface area (TPSA) is 115 Å². The Kier molecular flexibility index (Phi) is 5.27. The Bertz CT molecular complexity index is 594. The summed E-state index contributed by atoms with van der Waals surface area (Å²) in [7, 11) is -3.93. The van der Waals surface area contributed by atoms with Crippen molar-refractivity contribution in [1.82, 2.24) is 9.10 Å². The molecule has 0 aromatic carbocycles. The molecule has 21 heavy (non-hydrogen) atoms. The molecule has 1 aromatic rings. The van der Waals surface area contributed by atoms with Gasteiger partial charge in [0.15, 0.2) is 5.69 Å². The molecule has 0 radical (unpaired) electrons. The van der Waals surface area contributed by atoms with Gasteiger partial charge in [-0.1, -0.05) is 0 Å². The zero-order valence-electron chi connectivity index (χ0n) is 11.3. The van der Waals surface area contributed by atoms with Crippen molar-refractivity contribution in [2.75, 3.05) is 19.8 Å². The van der Waals surface area contributed by atoms with Gasteiger partial charge < -0.3 is 14.6 Å². The van der Waals surface area contributed by atoms with E-state index in [9.17, 15) is 13.2 Å². The van der Waals surface area contributed by atoms with Gasteiger partial charge in [-0.15, -0.1) is 0 Å². The van der Waals surface area contributed by atoms with Gasteiger partial charge in [0.25, 0.3) is 0 Å². The standard InChI is InChI=1S/C11H16N2O6S2/c1-7(4-19-8-2-3-18-5-8)13-21(16,17)9-6-20-12-10(9)11(14)15/h6-8,13H,2-5H2,1H3,(H,14,15). The SMILES string of the molecule is CC(COC1CCOC1)NS(=O)(=O)c1csnc1C(=O)O. The molecule has 1 aromatic heterocycles. The van der Waals surface area contributed by atoms with Gasteiger partial charge in [-0.2, -0.15) is 4.37 Å². The summed E-state index contributed by atoms with van der Waals surface area (Å²) in [6.07, 6.45) is 0.770. The number of carbonyl (C=O) groups is 1. The number of aromatic carboxylic acids is 1. The van der Waals surface area contributed by atoms with Crippen molar-refractivity contribution >= 4 is 27.5 Å². The fourth-order valence-electron chi connectivity index (χ4n) is 1.85. The summed E-state index contributed by atoms with van der Waals surface area (Å²) in [5.74, 6) is -1.37. The average Bonchev–Trinajstić information content (AvgIpc) is 3.07. The molecule has 2 rings (SSSR count). The van der Waals surface area contributed by atoms with E-state index in [4.69, 9.17) is 14.6 Å². The fourth-order valence-corrected chi connectivity index (χ4v) is 4.20. The van der Waals surface area contributed by atoms with Crippen LogP contribution in [0.1, 0.15) is 23.8 Å². The third kappa shape index (κ3) is 4.20. The number of aromatic nitrogens is 1. The summed E-state index contributed by atoms with van der Waals surface area (Å²) in [5, 5.41) is 10.1. The predicted octanol–water partition coefficient (Wildman–Crippen LogP) is 0.314. The first kappa shape index (κ1) is 16.3. The number of ether oxygens (including phenoxy) is 2. The maximum absolute atomic E-state index is 12.1. The lowest BCUT2D eigenvalue weighted by Gasteiger charge is -2.16. The Labute approximate surface area is 126 Å². The smallest absolute Gasteiger partial charge is 0.357 e. The fraction of sp³-hybridized carbons (Fsp3) is 0.636. The molecule has 0 aliphatic carbocycles. The predicted molar refractivity (Wildman–Crippen MR) is 74.0 cm³/mol. The second kappa shape index (κ2) is 6.79. The minimum Gasteiger partial charge on any atom is -0.476 e. The molecular formula is C11H16N2O6S2. The quantitative estimate of drug-likeness (QED) is 0.736. The maximum Gasteiger partial charge on any atom is 0.357 e. The monoisotopic (exact) mass is 336 g/mol. The van der Waals surface area contributed by atoms with Crippen molar-refractivity contribution < 1.29 is 27.8 Å². The van der Waals surface area contributed by atoms with Crippen molar-refractivity contribution in [2.45, 2.75) is 30.4 Å². The van der Waals surface area contributed by atoms with Crippen LogP contribution in [0, 0.1) is 0 Å². The number of rotatable bonds is 7. The molecule has 2 atom stereocenters. The van der Waals surface area contributed by atoms with E-state index in [2.05, 4.69) is 9.10 Å². The van der Waals surface area contributed by atoms with E-state index in [0.29, 0.717) is 13.2 Å². The van der Waals surface area contributed by atoms with Gasteiger partial charge in [0.05, 0.1) is 19.3 Å². The number of nitrogens with one attached hydrogen (secondary N) is 1. The van der Waals surface area contributed by atoms with E-state index in [1.54, 1.807) is 6.92 Å². The summed E-state index contributed by atoms with van der Waals surface area (Å²) >= 11 is 0.784. The summed E-state index contributed by atoms with van der Waals surface area (Å²) in [5.41, 5.74) is -0.468. The highest BCUT2D eigenvalue weighted by molar-refractivity contribution is 7.89. The molecule has 2 heterocycles. The molecule has 1 aliphatic rings. The highest BCUT2D eigenvalue weighted by Gasteiger charge is 2.27. The third-order valence-corrected chi connectivity index (χ3v) is 5.24. The van der Waals surface area contributed by atoms with Crippen LogP contribution < -0.4 is 4.72 Å². The number of sulfonamides is 1. The van der Waals surface area contributed by atoms with E-state index < -0.39 is 27.7 Å². The average molecular weight is 336 g/mol. The molecule has 2 N–H and O–H groups in total. The Morgan fingerprint density at radius 2 is 2.48 bits per heavy atom. The molecule has 118 valence electrons. The molecule has 0 saturated carbocycles. The molecule has 1 aliphatic heterocycles. The van der Waals surface area contributed by atoms with Crippen LogP contribution in [0.3, 0.4) is 0 Å². The summed E-state index contributed by atoms with van der Waals surface area (Å²) in [6, 6.07) is -0.489. The number of hydrogen-bond acceptors (Lipinski definition) is 7. The van der Waals surface area contributed by atoms with Crippen molar-refractivity contribution in [1.29, 1.82) is 0 Å². The summed E-state index contributed by atoms with van der Waals surface area (Å²) in [6.45, 7) is 2.99. The van der Waals surface area contributed by atoms with E-state index in [1.165, 1.54) is 5.38 Å². The number of nitrogens with zero attached hydrogens (tertiary/aromatic N) is 1. The van der Waals surface area contributed by atoms with Crippen LogP contribution in [0.4, 0.5) is 0 Å². The van der Waals surface area contributed by atoms with Gasteiger partial charge in [-0.05, 0) is 24.9 Å². The highest BCUT2D eigenvalue weighted by atomic mass is 32.2. The second-order valence-electron chi connectivity index (χ2n) is 4.67. The number of carboxylic acid groups (broad SMARTS) is 1. The molecule has 8 nitrogen and oxygen atoms in total. The molecule has 0 spiro atoms. The van der Waals surface area contributed by atoms with Gasteiger partial charge in [0.2, 0.25) is 10.0 Å². The lowest BCUT2D eigenvalue weighted by molar-refractivity contribution is 0.0353. The first-order chi connectivity index (χ1) is 9.90. The van der Waals surface area contributed by atoms with Gasteiger partial charge in [0.1, 0.15) is 4.90 Å². The van der Waals surface area contributed by atoms with Crippen molar-refractivity contribution in [2.24, 2.45) is 0 Å². The van der Waals surface area contributed by atoms with Crippen molar-refractivity contribution in [3.8, 4) is 0 Å². The van der Waals surface area contributed by atoms with Gasteiger partial charge in [-0.25, -0.2) is 17.9 Å². The van der Waals surface area contributed by atoms with Crippen molar-refractivity contribution in [3.05, 3.63) is 11.1 Å². The first-order valence-corrected chi connectivity index (χ1v) is 8.61. The Hall–Kier alpha value is -1.07. The van der Waals surface area contributed by atoms with Crippen LogP contribution in [0.2, 0.25) is 0 Å². The Balaban J connectivity index is 1.96. The van der Waals surface area contributed by atoms with Gasteiger partial charge >= 0.3 is 5.97 Å². The summed E-state index contributed by atoms with van der Waals surface area (Å²) in [4.78, 5) is 10.6. The van der Waals surface area contributed by atoms with E-state index in [-0.39, 0.29) is 17.6 Å². The lowest BCUT2D eigenvalue weighted by atomic mass is 10.3. The maximum atomic E-state index is 12.1. The van der Waals surface area contributed by atoms with E-state index in [1.807, 2.05) is 0 Å². The van der Waals surface area contributed by atoms with Crippen LogP contribution in [-0.4, -0.2) is 55.8 Å². The minimum atomic E-state index is -3.93. The molecule has 1 fully saturated rings. The van der Waals surface area contributed by atoms with Crippen LogP contribution >= 0.6 is 11.5 Å². The molecule has 0 bridgehead atoms. The van der Waals surface area contributed by atoms with Crippen LogP contribution in [0.5, 0.6) is 0 Å². The van der Waals surface area contributed by atoms with Crippen LogP contribution in [0.25, 0.3) is 0 Å². The van der Waals surface area contributed by atoms with E-state index in [0.717, 1.165) is 18.0 Å². The highest BCUT2D eigenvalue weighted by Crippen LogP contribution is 2.17. The molecular weight excluding hydrogens is 320 g/mol. The largest absolute Gasteiger partial charge is 0.476 e. The number of hydrogen-bond donors (Lipinski definition) is 2. The van der Waals surface area contributed by atoms with E-state index >= 15 is 0 Å². The molecule has 1 saturated heterocycles. The molecule has 10 heteroatoms. The Morgan fingerprint density at radius 3 is 3.10 bits per heavy atom.